The minimum absolute atomic E-state index is 0.805. The summed E-state index contributed by atoms with van der Waals surface area (Å²) in [6, 6.07) is 0. The van der Waals surface area contributed by atoms with Gasteiger partial charge in [-0.3, -0.25) is 4.90 Å². The van der Waals surface area contributed by atoms with Crippen molar-refractivity contribution < 1.29 is 0 Å². The fourth-order valence-electron chi connectivity index (χ4n) is 1.69. The van der Waals surface area contributed by atoms with Gasteiger partial charge in [0.25, 0.3) is 0 Å². The number of allylic oxidation sites excluding steroid dienone is 1. The van der Waals surface area contributed by atoms with Crippen LogP contribution in [-0.4, -0.2) is 35.0 Å². The molecule has 0 aromatic heterocycles. The fourth-order valence-corrected chi connectivity index (χ4v) is 3.07. The van der Waals surface area contributed by atoms with E-state index < -0.39 is 0 Å². The van der Waals surface area contributed by atoms with Gasteiger partial charge in [-0.1, -0.05) is 26.0 Å². The van der Waals surface area contributed by atoms with Gasteiger partial charge >= 0.3 is 0 Å². The van der Waals surface area contributed by atoms with Crippen molar-refractivity contribution in [1.82, 2.24) is 4.90 Å². The highest BCUT2D eigenvalue weighted by Crippen LogP contribution is 2.24. The quantitative estimate of drug-likeness (QED) is 0.608. The molecule has 0 aromatic carbocycles. The monoisotopic (exact) mass is 185 g/mol. The van der Waals surface area contributed by atoms with E-state index in [1.54, 1.807) is 0 Å². The van der Waals surface area contributed by atoms with Crippen molar-refractivity contribution in [2.45, 2.75) is 31.3 Å². The molecule has 0 saturated carbocycles. The predicted octanol–water partition coefficient (Wildman–Crippen LogP) is 2.39. The first-order valence-electron chi connectivity index (χ1n) is 4.71. The lowest BCUT2D eigenvalue weighted by atomic mass is 10.3. The molecule has 1 nitrogen and oxygen atoms in total. The van der Waals surface area contributed by atoms with E-state index in [0.717, 1.165) is 17.0 Å². The molecule has 12 heavy (non-hydrogen) atoms. The van der Waals surface area contributed by atoms with Gasteiger partial charge in [-0.05, 0) is 6.92 Å². The number of nitrogens with zero attached hydrogens (tertiary/aromatic N) is 1. The summed E-state index contributed by atoms with van der Waals surface area (Å²) >= 11 is 2.11. The van der Waals surface area contributed by atoms with E-state index in [1.807, 2.05) is 0 Å². The summed E-state index contributed by atoms with van der Waals surface area (Å²) in [7, 11) is 0. The van der Waals surface area contributed by atoms with Crippen molar-refractivity contribution in [3.05, 3.63) is 12.2 Å². The molecule has 0 bridgehead atoms. The van der Waals surface area contributed by atoms with Gasteiger partial charge in [-0.15, -0.1) is 0 Å². The lowest BCUT2D eigenvalue weighted by molar-refractivity contribution is 0.299. The lowest BCUT2D eigenvalue weighted by Crippen LogP contribution is -2.40. The Balaban J connectivity index is 2.33. The molecule has 1 rings (SSSR count). The van der Waals surface area contributed by atoms with E-state index in [0.29, 0.717) is 0 Å². The zero-order chi connectivity index (χ0) is 8.97. The Bertz CT molecular complexity index is 146. The van der Waals surface area contributed by atoms with Crippen LogP contribution in [0.4, 0.5) is 0 Å². The van der Waals surface area contributed by atoms with Crippen LogP contribution in [0.1, 0.15) is 20.8 Å². The van der Waals surface area contributed by atoms with E-state index >= 15 is 0 Å². The van der Waals surface area contributed by atoms with Crippen LogP contribution in [0.25, 0.3) is 0 Å². The van der Waals surface area contributed by atoms with Crippen molar-refractivity contribution in [3.8, 4) is 0 Å². The Morgan fingerprint density at radius 3 is 2.42 bits per heavy atom. The Hall–Kier alpha value is 0.0500. The highest BCUT2D eigenvalue weighted by molar-refractivity contribution is 8.00. The summed E-state index contributed by atoms with van der Waals surface area (Å²) in [6.45, 7) is 10.4. The number of thioether (sulfide) groups is 1. The van der Waals surface area contributed by atoms with Crippen LogP contribution >= 0.6 is 11.8 Å². The molecule has 1 fully saturated rings. The van der Waals surface area contributed by atoms with Crippen molar-refractivity contribution in [2.75, 3.05) is 19.6 Å². The fraction of sp³-hybridized carbons (Fsp3) is 0.800. The molecule has 1 aliphatic rings. The van der Waals surface area contributed by atoms with Crippen molar-refractivity contribution >= 4 is 11.8 Å². The van der Waals surface area contributed by atoms with Crippen LogP contribution in [0.5, 0.6) is 0 Å². The Morgan fingerprint density at radius 1 is 1.33 bits per heavy atom. The number of hydrogen-bond donors (Lipinski definition) is 0. The van der Waals surface area contributed by atoms with E-state index in [4.69, 9.17) is 0 Å². The SMILES string of the molecule is C/C=C/CN1CC(C)SC(C)C1. The van der Waals surface area contributed by atoms with Crippen LogP contribution in [0.2, 0.25) is 0 Å². The lowest BCUT2D eigenvalue weighted by Gasteiger charge is -2.33. The van der Waals surface area contributed by atoms with Crippen molar-refractivity contribution in [1.29, 1.82) is 0 Å². The van der Waals surface area contributed by atoms with Crippen LogP contribution < -0.4 is 0 Å². The maximum Gasteiger partial charge on any atom is 0.0164 e. The Labute approximate surface area is 80.2 Å². The molecule has 0 spiro atoms. The van der Waals surface area contributed by atoms with Crippen molar-refractivity contribution in [3.63, 3.8) is 0 Å². The highest BCUT2D eigenvalue weighted by atomic mass is 32.2. The molecule has 0 radical (unpaired) electrons. The normalized spacial score (nSPS) is 32.9. The molecule has 0 aliphatic carbocycles. The second-order valence-electron chi connectivity index (χ2n) is 3.54. The van der Waals surface area contributed by atoms with Crippen LogP contribution in [0.3, 0.4) is 0 Å². The van der Waals surface area contributed by atoms with Gasteiger partial charge in [0.1, 0.15) is 0 Å². The highest BCUT2D eigenvalue weighted by Gasteiger charge is 2.20. The van der Waals surface area contributed by atoms with Crippen LogP contribution in [0.15, 0.2) is 12.2 Å². The molecular formula is C10H19NS. The Morgan fingerprint density at radius 2 is 1.92 bits per heavy atom. The maximum atomic E-state index is 2.53. The van der Waals surface area contributed by atoms with E-state index in [9.17, 15) is 0 Å². The number of hydrogen-bond acceptors (Lipinski definition) is 2. The zero-order valence-corrected chi connectivity index (χ0v) is 9.10. The van der Waals surface area contributed by atoms with Gasteiger partial charge in [0, 0.05) is 30.1 Å². The van der Waals surface area contributed by atoms with Crippen LogP contribution in [-0.2, 0) is 0 Å². The molecule has 70 valence electrons. The van der Waals surface area contributed by atoms with E-state index in [2.05, 4.69) is 49.6 Å². The standard InChI is InChI=1S/C10H19NS/c1-4-5-6-11-7-9(2)12-10(3)8-11/h4-5,9-10H,6-8H2,1-3H3/b5-4+. The molecule has 0 N–H and O–H groups in total. The molecule has 2 atom stereocenters. The third kappa shape index (κ3) is 3.20. The topological polar surface area (TPSA) is 3.24 Å². The summed E-state index contributed by atoms with van der Waals surface area (Å²) in [5, 5.41) is 1.61. The van der Waals surface area contributed by atoms with Gasteiger partial charge in [-0.2, -0.15) is 11.8 Å². The average molecular weight is 185 g/mol. The van der Waals surface area contributed by atoms with Gasteiger partial charge in [0.2, 0.25) is 0 Å². The summed E-state index contributed by atoms with van der Waals surface area (Å²) in [4.78, 5) is 2.53. The molecule has 1 aliphatic heterocycles. The first kappa shape index (κ1) is 10.1. The number of rotatable bonds is 2. The second kappa shape index (κ2) is 4.93. The molecule has 1 heterocycles. The molecule has 0 aromatic rings. The first-order valence-corrected chi connectivity index (χ1v) is 5.65. The molecule has 2 heteroatoms. The second-order valence-corrected chi connectivity index (χ2v) is 5.43. The molecule has 0 amide bonds. The third-order valence-corrected chi connectivity index (χ3v) is 3.32. The van der Waals surface area contributed by atoms with Crippen LogP contribution in [0, 0.1) is 0 Å². The predicted molar refractivity (Wildman–Crippen MR) is 57.8 cm³/mol. The molecule has 2 unspecified atom stereocenters. The summed E-state index contributed by atoms with van der Waals surface area (Å²) in [5.74, 6) is 0. The largest absolute Gasteiger partial charge is 0.298 e. The summed E-state index contributed by atoms with van der Waals surface area (Å²) in [5.41, 5.74) is 0. The maximum absolute atomic E-state index is 2.53. The van der Waals surface area contributed by atoms with E-state index in [1.165, 1.54) is 13.1 Å². The minimum Gasteiger partial charge on any atom is -0.298 e. The molecule has 1 saturated heterocycles. The van der Waals surface area contributed by atoms with Gasteiger partial charge < -0.3 is 0 Å². The first-order chi connectivity index (χ1) is 5.72. The average Bonchev–Trinajstić information content (AvgIpc) is 1.99. The summed E-state index contributed by atoms with van der Waals surface area (Å²) < 4.78 is 0. The van der Waals surface area contributed by atoms with E-state index in [-0.39, 0.29) is 0 Å². The molecular weight excluding hydrogens is 166 g/mol. The zero-order valence-electron chi connectivity index (χ0n) is 8.29. The van der Waals surface area contributed by atoms with Crippen molar-refractivity contribution in [2.24, 2.45) is 0 Å². The minimum atomic E-state index is 0.805. The van der Waals surface area contributed by atoms with Gasteiger partial charge in [-0.25, -0.2) is 0 Å². The van der Waals surface area contributed by atoms with Gasteiger partial charge in [0.05, 0.1) is 0 Å². The third-order valence-electron chi connectivity index (χ3n) is 2.09. The summed E-state index contributed by atoms with van der Waals surface area (Å²) in [6.07, 6.45) is 4.38. The smallest absolute Gasteiger partial charge is 0.0164 e. The van der Waals surface area contributed by atoms with Gasteiger partial charge in [0.15, 0.2) is 0 Å². The Kier molecular flexibility index (Phi) is 4.16.